The minimum absolute atomic E-state index is 0.171. The number of carbonyl (C=O) groups is 2. The molecular weight excluding hydrogens is 494 g/mol. The van der Waals surface area contributed by atoms with E-state index >= 15 is 0 Å². The lowest BCUT2D eigenvalue weighted by Crippen LogP contribution is -2.51. The Morgan fingerprint density at radius 3 is 2.24 bits per heavy atom. The maximum Gasteiger partial charge on any atom is 0.413 e. The number of esters is 1. The smallest absolute Gasteiger partial charge is 0.413 e. The standard InChI is InChI=1S/C28H28BrNO4/c1-19(2)18-33-27(32)30-25(23-13-11-22(12-14-23)21-7-5-4-6-8-21)34-26(31)28(30,3)17-20-9-15-24(29)16-10-20/h4-16,19,25H,17-18H2,1-3H3/t25-,28+/m0/s1. The molecule has 3 aromatic carbocycles. The molecular formula is C28H28BrNO4. The summed E-state index contributed by atoms with van der Waals surface area (Å²) in [5, 5.41) is 0. The first-order valence-electron chi connectivity index (χ1n) is 11.3. The fourth-order valence-corrected chi connectivity index (χ4v) is 4.35. The van der Waals surface area contributed by atoms with Crippen LogP contribution < -0.4 is 0 Å². The van der Waals surface area contributed by atoms with Gasteiger partial charge in [-0.25, -0.2) is 9.59 Å². The van der Waals surface area contributed by atoms with Crippen molar-refractivity contribution in [2.75, 3.05) is 6.61 Å². The predicted octanol–water partition coefficient (Wildman–Crippen LogP) is 6.77. The number of hydrogen-bond donors (Lipinski definition) is 0. The Kier molecular flexibility index (Phi) is 7.08. The summed E-state index contributed by atoms with van der Waals surface area (Å²) in [6.07, 6.45) is -1.11. The Morgan fingerprint density at radius 2 is 1.62 bits per heavy atom. The van der Waals surface area contributed by atoms with Gasteiger partial charge < -0.3 is 9.47 Å². The van der Waals surface area contributed by atoms with Gasteiger partial charge in [0.2, 0.25) is 6.23 Å². The maximum atomic E-state index is 13.3. The van der Waals surface area contributed by atoms with Crippen molar-refractivity contribution in [2.45, 2.75) is 39.0 Å². The summed E-state index contributed by atoms with van der Waals surface area (Å²) in [5.41, 5.74) is 2.56. The first-order chi connectivity index (χ1) is 16.3. The molecule has 2 atom stereocenters. The number of ether oxygens (including phenoxy) is 2. The normalized spacial score (nSPS) is 19.9. The van der Waals surface area contributed by atoms with Crippen molar-refractivity contribution < 1.29 is 19.1 Å². The lowest BCUT2D eigenvalue weighted by molar-refractivity contribution is -0.145. The molecule has 0 N–H and O–H groups in total. The third-order valence-corrected chi connectivity index (χ3v) is 6.45. The van der Waals surface area contributed by atoms with E-state index in [2.05, 4.69) is 15.9 Å². The number of carbonyl (C=O) groups excluding carboxylic acids is 2. The second-order valence-corrected chi connectivity index (χ2v) is 10.1. The second kappa shape index (κ2) is 10.0. The minimum Gasteiger partial charge on any atom is -0.449 e. The average molecular weight is 522 g/mol. The zero-order chi connectivity index (χ0) is 24.3. The van der Waals surface area contributed by atoms with Crippen LogP contribution in [-0.2, 0) is 20.7 Å². The first kappa shape index (κ1) is 24.0. The molecule has 176 valence electrons. The van der Waals surface area contributed by atoms with Crippen LogP contribution in [0.3, 0.4) is 0 Å². The topological polar surface area (TPSA) is 55.8 Å². The summed E-state index contributed by atoms with van der Waals surface area (Å²) in [6.45, 7) is 5.95. The lowest BCUT2D eigenvalue weighted by Gasteiger charge is -2.33. The monoisotopic (exact) mass is 521 g/mol. The van der Waals surface area contributed by atoms with Crippen molar-refractivity contribution in [3.63, 3.8) is 0 Å². The first-order valence-corrected chi connectivity index (χ1v) is 12.1. The van der Waals surface area contributed by atoms with Crippen molar-refractivity contribution in [1.82, 2.24) is 4.90 Å². The van der Waals surface area contributed by atoms with Crippen LogP contribution in [0.2, 0.25) is 0 Å². The fraction of sp³-hybridized carbons (Fsp3) is 0.286. The van der Waals surface area contributed by atoms with E-state index in [0.29, 0.717) is 12.0 Å². The molecule has 0 aromatic heterocycles. The number of amides is 1. The third kappa shape index (κ3) is 5.02. The largest absolute Gasteiger partial charge is 0.449 e. The van der Waals surface area contributed by atoms with Crippen molar-refractivity contribution in [1.29, 1.82) is 0 Å². The van der Waals surface area contributed by atoms with E-state index in [-0.39, 0.29) is 12.5 Å². The van der Waals surface area contributed by atoms with Gasteiger partial charge in [0, 0.05) is 16.5 Å². The molecule has 0 spiro atoms. The van der Waals surface area contributed by atoms with E-state index in [1.165, 1.54) is 4.90 Å². The van der Waals surface area contributed by atoms with Crippen molar-refractivity contribution in [3.05, 3.63) is 94.5 Å². The van der Waals surface area contributed by atoms with Gasteiger partial charge >= 0.3 is 12.1 Å². The van der Waals surface area contributed by atoms with Crippen LogP contribution in [0.15, 0.2) is 83.3 Å². The SMILES string of the molecule is CC(C)COC(=O)N1[C@H](c2ccc(-c3ccccc3)cc2)OC(=O)[C@@]1(C)Cc1ccc(Br)cc1. The van der Waals surface area contributed by atoms with Crippen LogP contribution in [0.4, 0.5) is 4.79 Å². The molecule has 5 nitrogen and oxygen atoms in total. The van der Waals surface area contributed by atoms with E-state index < -0.39 is 23.8 Å². The van der Waals surface area contributed by atoms with Crippen molar-refractivity contribution >= 4 is 28.0 Å². The number of cyclic esters (lactones) is 1. The summed E-state index contributed by atoms with van der Waals surface area (Å²) in [6, 6.07) is 25.5. The molecule has 6 heteroatoms. The lowest BCUT2D eigenvalue weighted by atomic mass is 9.91. The molecule has 1 fully saturated rings. The van der Waals surface area contributed by atoms with E-state index in [4.69, 9.17) is 9.47 Å². The Hall–Kier alpha value is -3.12. The predicted molar refractivity (Wildman–Crippen MR) is 135 cm³/mol. The molecule has 1 aliphatic rings. The quantitative estimate of drug-likeness (QED) is 0.336. The molecule has 3 aromatic rings. The Bertz CT molecular complexity index is 1150. The maximum absolute atomic E-state index is 13.3. The molecule has 0 aliphatic carbocycles. The highest BCUT2D eigenvalue weighted by Crippen LogP contribution is 2.41. The van der Waals surface area contributed by atoms with Gasteiger partial charge in [-0.05, 0) is 41.7 Å². The number of halogens is 1. The zero-order valence-corrected chi connectivity index (χ0v) is 21.1. The van der Waals surface area contributed by atoms with Gasteiger partial charge in [-0.3, -0.25) is 4.90 Å². The van der Waals surface area contributed by atoms with Gasteiger partial charge in [-0.2, -0.15) is 0 Å². The summed E-state index contributed by atoms with van der Waals surface area (Å²) in [5.74, 6) is -0.279. The molecule has 0 radical (unpaired) electrons. The number of nitrogens with zero attached hydrogens (tertiary/aromatic N) is 1. The molecule has 0 unspecified atom stereocenters. The van der Waals surface area contributed by atoms with Gasteiger partial charge in [0.15, 0.2) is 0 Å². The van der Waals surface area contributed by atoms with Crippen LogP contribution in [-0.4, -0.2) is 29.1 Å². The van der Waals surface area contributed by atoms with Crippen LogP contribution in [0.25, 0.3) is 11.1 Å². The number of benzene rings is 3. The highest BCUT2D eigenvalue weighted by molar-refractivity contribution is 9.10. The molecule has 4 rings (SSSR count). The van der Waals surface area contributed by atoms with Gasteiger partial charge in [0.05, 0.1) is 6.61 Å². The summed E-state index contributed by atoms with van der Waals surface area (Å²) < 4.78 is 12.3. The highest BCUT2D eigenvalue weighted by Gasteiger charge is 2.55. The molecule has 1 amide bonds. The molecule has 0 bridgehead atoms. The van der Waals surface area contributed by atoms with E-state index in [9.17, 15) is 9.59 Å². The molecule has 1 aliphatic heterocycles. The summed E-state index contributed by atoms with van der Waals surface area (Å²) in [4.78, 5) is 28.0. The molecule has 1 heterocycles. The minimum atomic E-state index is -1.20. The van der Waals surface area contributed by atoms with Gasteiger partial charge in [0.25, 0.3) is 0 Å². The Labute approximate surface area is 208 Å². The van der Waals surface area contributed by atoms with Crippen LogP contribution in [0, 0.1) is 5.92 Å². The fourth-order valence-electron chi connectivity index (χ4n) is 4.09. The van der Waals surface area contributed by atoms with E-state index in [0.717, 1.165) is 21.2 Å². The van der Waals surface area contributed by atoms with E-state index in [1.54, 1.807) is 6.92 Å². The number of hydrogen-bond acceptors (Lipinski definition) is 4. The summed E-state index contributed by atoms with van der Waals surface area (Å²) in [7, 11) is 0. The van der Waals surface area contributed by atoms with Crippen molar-refractivity contribution in [2.24, 2.45) is 5.92 Å². The highest BCUT2D eigenvalue weighted by atomic mass is 79.9. The third-order valence-electron chi connectivity index (χ3n) is 5.93. The average Bonchev–Trinajstić information content (AvgIpc) is 3.10. The molecule has 34 heavy (non-hydrogen) atoms. The Morgan fingerprint density at radius 1 is 1.00 bits per heavy atom. The van der Waals surface area contributed by atoms with E-state index in [1.807, 2.05) is 92.7 Å². The van der Waals surface area contributed by atoms with Crippen molar-refractivity contribution in [3.8, 4) is 11.1 Å². The van der Waals surface area contributed by atoms with Crippen LogP contribution >= 0.6 is 15.9 Å². The van der Waals surface area contributed by atoms with Crippen LogP contribution in [0.1, 0.15) is 38.1 Å². The Balaban J connectivity index is 1.67. The van der Waals surface area contributed by atoms with Gasteiger partial charge in [-0.1, -0.05) is 96.5 Å². The molecule has 1 saturated heterocycles. The summed E-state index contributed by atoms with van der Waals surface area (Å²) >= 11 is 3.44. The zero-order valence-electron chi connectivity index (χ0n) is 19.5. The molecule has 0 saturated carbocycles. The van der Waals surface area contributed by atoms with Crippen LogP contribution in [0.5, 0.6) is 0 Å². The van der Waals surface area contributed by atoms with Gasteiger partial charge in [0.1, 0.15) is 5.54 Å². The number of rotatable bonds is 6. The second-order valence-electron chi connectivity index (χ2n) is 9.16. The van der Waals surface area contributed by atoms with Gasteiger partial charge in [-0.15, -0.1) is 0 Å².